The highest BCUT2D eigenvalue weighted by Gasteiger charge is 2.33. The van der Waals surface area contributed by atoms with Crippen molar-refractivity contribution >= 4 is 19.4 Å². The summed E-state index contributed by atoms with van der Waals surface area (Å²) in [6, 6.07) is 16.8. The van der Waals surface area contributed by atoms with E-state index in [2.05, 4.69) is 15.6 Å². The first-order chi connectivity index (χ1) is 17.2. The average molecular weight is 512 g/mol. The van der Waals surface area contributed by atoms with Crippen molar-refractivity contribution in [3.8, 4) is 22.4 Å². The maximum Gasteiger partial charge on any atom is 0.328 e. The molecular formula is C25H26FN4O5P. The lowest BCUT2D eigenvalue weighted by Gasteiger charge is -2.31. The topological polar surface area (TPSA) is 132 Å². The Balaban J connectivity index is 1.68. The van der Waals surface area contributed by atoms with E-state index in [4.69, 9.17) is 0 Å². The molecule has 2 heterocycles. The van der Waals surface area contributed by atoms with Gasteiger partial charge in [0.25, 0.3) is 5.91 Å². The van der Waals surface area contributed by atoms with E-state index in [0.717, 1.165) is 5.56 Å². The van der Waals surface area contributed by atoms with Crippen LogP contribution < -0.4 is 10.6 Å². The number of benzene rings is 2. The SMILES string of the molecule is O=C(NC(CP(=O)(O)O)C(=O)N1CCNCC1)c1cc(-c2ccccc2)cc(-c2ccc(F)cc2)n1. The molecule has 1 aromatic heterocycles. The number of hydrogen-bond donors (Lipinski definition) is 4. The summed E-state index contributed by atoms with van der Waals surface area (Å²) in [4.78, 5) is 51.3. The predicted octanol–water partition coefficient (Wildman–Crippen LogP) is 2.26. The van der Waals surface area contributed by atoms with Gasteiger partial charge in [-0.25, -0.2) is 9.37 Å². The van der Waals surface area contributed by atoms with Crippen LogP contribution in [0.2, 0.25) is 0 Å². The van der Waals surface area contributed by atoms with Gasteiger partial charge >= 0.3 is 7.60 Å². The van der Waals surface area contributed by atoms with Crippen LogP contribution in [0, 0.1) is 5.82 Å². The maximum absolute atomic E-state index is 13.5. The Morgan fingerprint density at radius 2 is 1.67 bits per heavy atom. The molecule has 9 nitrogen and oxygen atoms in total. The number of aromatic nitrogens is 1. The highest BCUT2D eigenvalue weighted by Crippen LogP contribution is 2.35. The van der Waals surface area contributed by atoms with Crippen molar-refractivity contribution in [1.29, 1.82) is 0 Å². The Hall–Kier alpha value is -3.43. The molecule has 1 saturated heterocycles. The molecular weight excluding hydrogens is 486 g/mol. The number of pyridine rings is 1. The number of hydrogen-bond acceptors (Lipinski definition) is 5. The highest BCUT2D eigenvalue weighted by molar-refractivity contribution is 7.51. The number of carbonyl (C=O) groups is 2. The second-order valence-electron chi connectivity index (χ2n) is 8.45. The molecule has 1 atom stereocenters. The number of amides is 2. The molecule has 0 bridgehead atoms. The summed E-state index contributed by atoms with van der Waals surface area (Å²) in [6.45, 7) is 1.82. The van der Waals surface area contributed by atoms with Crippen LogP contribution in [0.1, 0.15) is 10.5 Å². The third-order valence-corrected chi connectivity index (χ3v) is 6.60. The Morgan fingerprint density at radius 3 is 2.31 bits per heavy atom. The number of nitrogens with one attached hydrogen (secondary N) is 2. The molecule has 0 saturated carbocycles. The largest absolute Gasteiger partial charge is 0.338 e. The Kier molecular flexibility index (Phi) is 7.91. The van der Waals surface area contributed by atoms with Gasteiger partial charge in [0, 0.05) is 31.7 Å². The quantitative estimate of drug-likeness (QED) is 0.357. The monoisotopic (exact) mass is 512 g/mol. The predicted molar refractivity (Wildman–Crippen MR) is 133 cm³/mol. The van der Waals surface area contributed by atoms with Crippen molar-refractivity contribution < 1.29 is 28.3 Å². The van der Waals surface area contributed by atoms with Gasteiger partial charge < -0.3 is 25.3 Å². The normalized spacial score (nSPS) is 14.8. The van der Waals surface area contributed by atoms with Gasteiger partial charge in [0.05, 0.1) is 11.9 Å². The lowest BCUT2D eigenvalue weighted by atomic mass is 10.0. The summed E-state index contributed by atoms with van der Waals surface area (Å²) < 4.78 is 25.2. The summed E-state index contributed by atoms with van der Waals surface area (Å²) >= 11 is 0. The van der Waals surface area contributed by atoms with E-state index in [1.807, 2.05) is 30.3 Å². The number of piperazine rings is 1. The fourth-order valence-corrected chi connectivity index (χ4v) is 4.70. The number of nitrogens with zero attached hydrogens (tertiary/aromatic N) is 2. The molecule has 0 radical (unpaired) electrons. The van der Waals surface area contributed by atoms with Gasteiger partial charge in [-0.05, 0) is 47.5 Å². The third-order valence-electron chi connectivity index (χ3n) is 5.76. The van der Waals surface area contributed by atoms with Crippen LogP contribution in [-0.2, 0) is 9.36 Å². The van der Waals surface area contributed by atoms with E-state index < -0.39 is 37.4 Å². The molecule has 4 rings (SSSR count). The van der Waals surface area contributed by atoms with Crippen molar-refractivity contribution in [2.45, 2.75) is 6.04 Å². The van der Waals surface area contributed by atoms with Crippen molar-refractivity contribution in [2.24, 2.45) is 0 Å². The fourth-order valence-electron chi connectivity index (χ4n) is 3.97. The van der Waals surface area contributed by atoms with E-state index in [-0.39, 0.29) is 5.69 Å². The maximum atomic E-state index is 13.5. The van der Waals surface area contributed by atoms with Crippen molar-refractivity contribution in [2.75, 3.05) is 32.3 Å². The highest BCUT2D eigenvalue weighted by atomic mass is 31.2. The number of carbonyl (C=O) groups excluding carboxylic acids is 2. The molecule has 1 aliphatic rings. The molecule has 0 spiro atoms. The Bertz CT molecular complexity index is 1280. The van der Waals surface area contributed by atoms with E-state index in [1.165, 1.54) is 17.0 Å². The van der Waals surface area contributed by atoms with Crippen LogP contribution >= 0.6 is 7.60 Å². The first-order valence-corrected chi connectivity index (χ1v) is 13.2. The molecule has 188 valence electrons. The van der Waals surface area contributed by atoms with Crippen LogP contribution in [0.5, 0.6) is 0 Å². The van der Waals surface area contributed by atoms with Crippen molar-refractivity contribution in [3.05, 3.63) is 78.2 Å². The summed E-state index contributed by atoms with van der Waals surface area (Å²) in [6.07, 6.45) is -0.829. The second kappa shape index (κ2) is 11.1. The lowest BCUT2D eigenvalue weighted by Crippen LogP contribution is -2.55. The first kappa shape index (κ1) is 25.7. The molecule has 3 aromatic rings. The summed E-state index contributed by atoms with van der Waals surface area (Å²) in [5.74, 6) is -1.73. The smallest absolute Gasteiger partial charge is 0.328 e. The van der Waals surface area contributed by atoms with E-state index in [0.29, 0.717) is 43.0 Å². The van der Waals surface area contributed by atoms with Gasteiger partial charge in [-0.3, -0.25) is 14.2 Å². The second-order valence-corrected chi connectivity index (χ2v) is 10.1. The molecule has 36 heavy (non-hydrogen) atoms. The molecule has 4 N–H and O–H groups in total. The standard InChI is InChI=1S/C25H26FN4O5P/c26-20-8-6-18(7-9-20)21-14-19(17-4-2-1-3-5-17)15-22(28-21)24(31)29-23(16-36(33,34)35)25(32)30-12-10-27-11-13-30/h1-9,14-15,23,27H,10-13,16H2,(H,29,31)(H2,33,34,35). The van der Waals surface area contributed by atoms with Gasteiger partial charge in [-0.15, -0.1) is 0 Å². The number of halogens is 1. The molecule has 0 aliphatic carbocycles. The first-order valence-electron chi connectivity index (χ1n) is 11.4. The van der Waals surface area contributed by atoms with Gasteiger partial charge in [-0.2, -0.15) is 0 Å². The van der Waals surface area contributed by atoms with Crippen LogP contribution in [0.15, 0.2) is 66.7 Å². The Labute approximate surface area is 207 Å². The molecule has 1 unspecified atom stereocenters. The molecule has 1 fully saturated rings. The fraction of sp³-hybridized carbons (Fsp3) is 0.240. The molecule has 11 heteroatoms. The number of rotatable bonds is 7. The van der Waals surface area contributed by atoms with Crippen LogP contribution in [0.4, 0.5) is 4.39 Å². The van der Waals surface area contributed by atoms with E-state index in [9.17, 15) is 28.3 Å². The van der Waals surface area contributed by atoms with Crippen LogP contribution in [0.3, 0.4) is 0 Å². The van der Waals surface area contributed by atoms with Crippen molar-refractivity contribution in [1.82, 2.24) is 20.5 Å². The zero-order chi connectivity index (χ0) is 25.7. The van der Waals surface area contributed by atoms with Gasteiger partial charge in [0.2, 0.25) is 5.91 Å². The van der Waals surface area contributed by atoms with Crippen LogP contribution in [-0.4, -0.2) is 69.9 Å². The van der Waals surface area contributed by atoms with E-state index >= 15 is 0 Å². The summed E-state index contributed by atoms with van der Waals surface area (Å²) in [7, 11) is -4.63. The zero-order valence-electron chi connectivity index (χ0n) is 19.3. The van der Waals surface area contributed by atoms with Crippen molar-refractivity contribution in [3.63, 3.8) is 0 Å². The van der Waals surface area contributed by atoms with Gasteiger partial charge in [0.1, 0.15) is 17.6 Å². The van der Waals surface area contributed by atoms with Gasteiger partial charge in [-0.1, -0.05) is 30.3 Å². The Morgan fingerprint density at radius 1 is 1.00 bits per heavy atom. The summed E-state index contributed by atoms with van der Waals surface area (Å²) in [5.41, 5.74) is 2.41. The van der Waals surface area contributed by atoms with Gasteiger partial charge in [0.15, 0.2) is 0 Å². The zero-order valence-corrected chi connectivity index (χ0v) is 20.2. The summed E-state index contributed by atoms with van der Waals surface area (Å²) in [5, 5.41) is 5.59. The molecule has 2 amide bonds. The lowest BCUT2D eigenvalue weighted by molar-refractivity contribution is -0.133. The third kappa shape index (κ3) is 6.61. The molecule has 1 aliphatic heterocycles. The average Bonchev–Trinajstić information content (AvgIpc) is 2.88. The minimum absolute atomic E-state index is 0.0421. The molecule has 2 aromatic carbocycles. The minimum Gasteiger partial charge on any atom is -0.338 e. The minimum atomic E-state index is -4.63. The van der Waals surface area contributed by atoms with Crippen LogP contribution in [0.25, 0.3) is 22.4 Å². The van der Waals surface area contributed by atoms with E-state index in [1.54, 1.807) is 24.3 Å².